The quantitative estimate of drug-likeness (QED) is 0.332. The molecule has 0 unspecified atom stereocenters. The number of hydrogen-bond acceptors (Lipinski definition) is 9. The number of piperazine rings is 1. The van der Waals surface area contributed by atoms with Gasteiger partial charge in [0.15, 0.2) is 0 Å². The smallest absolute Gasteiger partial charge is 0.444 e. The SMILES string of the molecule is CC(C)(C)OC(=O)N[C@@H](CO)C(=O)N1CCN(c2cc(N3CCC[C@@H](C(=O)NCCc4ccc(C(F)(F)F)cc4)C3)nc(C(F)(F)F)n2)CC1. The summed E-state index contributed by atoms with van der Waals surface area (Å²) in [6.45, 7) is 5.21. The number of carbonyl (C=O) groups is 3. The summed E-state index contributed by atoms with van der Waals surface area (Å²) in [5, 5.41) is 14.8. The molecule has 2 fully saturated rings. The maximum Gasteiger partial charge on any atom is 0.451 e. The fourth-order valence-corrected chi connectivity index (χ4v) is 5.62. The molecule has 2 aliphatic rings. The molecular formula is C32H41F6N7O5. The fraction of sp³-hybridized carbons (Fsp3) is 0.594. The van der Waals surface area contributed by atoms with E-state index in [0.717, 1.165) is 12.1 Å². The molecule has 18 heteroatoms. The molecule has 0 bridgehead atoms. The summed E-state index contributed by atoms with van der Waals surface area (Å²) >= 11 is 0. The van der Waals surface area contributed by atoms with Gasteiger partial charge in [-0.25, -0.2) is 14.8 Å². The Kier molecular flexibility index (Phi) is 12.1. The summed E-state index contributed by atoms with van der Waals surface area (Å²) in [6, 6.07) is 4.77. The summed E-state index contributed by atoms with van der Waals surface area (Å²) in [5.41, 5.74) is -0.993. The second-order valence-electron chi connectivity index (χ2n) is 13.1. The van der Waals surface area contributed by atoms with Gasteiger partial charge in [0, 0.05) is 51.9 Å². The van der Waals surface area contributed by atoms with E-state index in [0.29, 0.717) is 31.4 Å². The van der Waals surface area contributed by atoms with Crippen molar-refractivity contribution in [2.24, 2.45) is 5.92 Å². The lowest BCUT2D eigenvalue weighted by molar-refractivity contribution is -0.145. The number of carbonyl (C=O) groups excluding carboxylic acids is 3. The van der Waals surface area contributed by atoms with Crippen LogP contribution in [0.1, 0.15) is 50.6 Å². The van der Waals surface area contributed by atoms with E-state index in [1.165, 1.54) is 23.1 Å². The van der Waals surface area contributed by atoms with Gasteiger partial charge in [0.25, 0.3) is 0 Å². The highest BCUT2D eigenvalue weighted by atomic mass is 19.4. The highest BCUT2D eigenvalue weighted by Crippen LogP contribution is 2.32. The van der Waals surface area contributed by atoms with Gasteiger partial charge in [-0.3, -0.25) is 9.59 Å². The molecular weight excluding hydrogens is 676 g/mol. The van der Waals surface area contributed by atoms with Crippen LogP contribution in [0.15, 0.2) is 30.3 Å². The Morgan fingerprint density at radius 2 is 1.54 bits per heavy atom. The van der Waals surface area contributed by atoms with Gasteiger partial charge < -0.3 is 35.2 Å². The lowest BCUT2D eigenvalue weighted by Gasteiger charge is -2.38. The minimum absolute atomic E-state index is 0.00927. The van der Waals surface area contributed by atoms with Crippen molar-refractivity contribution in [2.45, 2.75) is 64.0 Å². The van der Waals surface area contributed by atoms with E-state index < -0.39 is 59.9 Å². The van der Waals surface area contributed by atoms with Crippen LogP contribution in [0.2, 0.25) is 0 Å². The number of halogens is 6. The van der Waals surface area contributed by atoms with Crippen molar-refractivity contribution in [1.29, 1.82) is 0 Å². The van der Waals surface area contributed by atoms with Crippen LogP contribution in [0.4, 0.5) is 42.8 Å². The molecule has 2 aromatic rings. The van der Waals surface area contributed by atoms with Crippen molar-refractivity contribution in [2.75, 3.05) is 62.2 Å². The molecule has 12 nitrogen and oxygen atoms in total. The molecule has 0 aliphatic carbocycles. The minimum atomic E-state index is -4.87. The van der Waals surface area contributed by atoms with E-state index in [1.807, 2.05) is 0 Å². The summed E-state index contributed by atoms with van der Waals surface area (Å²) in [5.74, 6) is -2.83. The lowest BCUT2D eigenvalue weighted by Crippen LogP contribution is -2.56. The molecule has 0 spiro atoms. The van der Waals surface area contributed by atoms with Crippen molar-refractivity contribution in [3.8, 4) is 0 Å². The highest BCUT2D eigenvalue weighted by molar-refractivity contribution is 5.86. The van der Waals surface area contributed by atoms with Gasteiger partial charge >= 0.3 is 18.4 Å². The first-order valence-electron chi connectivity index (χ1n) is 16.1. The number of aromatic nitrogens is 2. The molecule has 1 aromatic carbocycles. The molecule has 2 atom stereocenters. The molecule has 3 heterocycles. The number of aliphatic hydroxyl groups is 1. The highest BCUT2D eigenvalue weighted by Gasteiger charge is 2.38. The number of rotatable bonds is 9. The molecule has 1 aromatic heterocycles. The molecule has 3 N–H and O–H groups in total. The van der Waals surface area contributed by atoms with Crippen LogP contribution in [0, 0.1) is 5.92 Å². The van der Waals surface area contributed by atoms with E-state index in [1.54, 1.807) is 30.6 Å². The first-order chi connectivity index (χ1) is 23.3. The average molecular weight is 718 g/mol. The zero-order chi connectivity index (χ0) is 36.9. The van der Waals surface area contributed by atoms with Crippen molar-refractivity contribution < 1.29 is 50.6 Å². The third-order valence-corrected chi connectivity index (χ3v) is 8.15. The van der Waals surface area contributed by atoms with Crippen LogP contribution in [-0.2, 0) is 33.1 Å². The number of nitrogens with one attached hydrogen (secondary N) is 2. The average Bonchev–Trinajstić information content (AvgIpc) is 3.05. The first kappa shape index (κ1) is 38.5. The number of piperidine rings is 1. The third kappa shape index (κ3) is 10.6. The molecule has 0 saturated carbocycles. The Morgan fingerprint density at radius 3 is 2.10 bits per heavy atom. The van der Waals surface area contributed by atoms with E-state index in [4.69, 9.17) is 4.74 Å². The number of benzene rings is 1. The first-order valence-corrected chi connectivity index (χ1v) is 16.1. The largest absolute Gasteiger partial charge is 0.451 e. The second-order valence-corrected chi connectivity index (χ2v) is 13.1. The van der Waals surface area contributed by atoms with Gasteiger partial charge in [0.05, 0.1) is 18.1 Å². The Hall–Kier alpha value is -4.35. The van der Waals surface area contributed by atoms with Gasteiger partial charge in [-0.05, 0) is 57.7 Å². The van der Waals surface area contributed by atoms with Crippen LogP contribution in [0.5, 0.6) is 0 Å². The van der Waals surface area contributed by atoms with Crippen molar-refractivity contribution in [1.82, 2.24) is 25.5 Å². The van der Waals surface area contributed by atoms with Crippen LogP contribution in [0.25, 0.3) is 0 Å². The van der Waals surface area contributed by atoms with Crippen molar-refractivity contribution in [3.05, 3.63) is 47.3 Å². The molecule has 4 rings (SSSR count). The van der Waals surface area contributed by atoms with Crippen molar-refractivity contribution >= 4 is 29.5 Å². The van der Waals surface area contributed by atoms with E-state index in [-0.39, 0.29) is 56.8 Å². The van der Waals surface area contributed by atoms with Crippen LogP contribution in [0.3, 0.4) is 0 Å². The number of ether oxygens (including phenoxy) is 1. The zero-order valence-corrected chi connectivity index (χ0v) is 27.9. The summed E-state index contributed by atoms with van der Waals surface area (Å²) in [4.78, 5) is 50.2. The Bertz CT molecular complexity index is 1490. The van der Waals surface area contributed by atoms with Gasteiger partial charge in [0.2, 0.25) is 17.6 Å². The molecule has 276 valence electrons. The Labute approximate surface area is 285 Å². The molecule has 2 aliphatic heterocycles. The van der Waals surface area contributed by atoms with Crippen LogP contribution < -0.4 is 20.4 Å². The molecule has 0 radical (unpaired) electrons. The number of alkyl halides is 6. The summed E-state index contributed by atoms with van der Waals surface area (Å²) in [7, 11) is 0. The summed E-state index contributed by atoms with van der Waals surface area (Å²) in [6.07, 6.45) is -8.91. The van der Waals surface area contributed by atoms with E-state index in [2.05, 4.69) is 20.6 Å². The van der Waals surface area contributed by atoms with Crippen LogP contribution in [-0.4, -0.2) is 102 Å². The minimum Gasteiger partial charge on any atom is -0.444 e. The molecule has 3 amide bonds. The topological polar surface area (TPSA) is 140 Å². The fourth-order valence-electron chi connectivity index (χ4n) is 5.62. The number of amides is 3. The molecule has 2 saturated heterocycles. The maximum absolute atomic E-state index is 13.9. The van der Waals surface area contributed by atoms with Gasteiger partial charge in [-0.15, -0.1) is 0 Å². The van der Waals surface area contributed by atoms with Gasteiger partial charge in [0.1, 0.15) is 23.3 Å². The predicted molar refractivity (Wildman–Crippen MR) is 169 cm³/mol. The number of alkyl carbamates (subject to hydrolysis) is 1. The Morgan fingerprint density at radius 1 is 0.920 bits per heavy atom. The monoisotopic (exact) mass is 717 g/mol. The number of anilines is 2. The predicted octanol–water partition coefficient (Wildman–Crippen LogP) is 3.62. The zero-order valence-electron chi connectivity index (χ0n) is 27.9. The Balaban J connectivity index is 1.38. The number of aliphatic hydroxyl groups excluding tert-OH is 1. The maximum atomic E-state index is 13.9. The van der Waals surface area contributed by atoms with E-state index in [9.17, 15) is 45.8 Å². The van der Waals surface area contributed by atoms with Gasteiger partial charge in [-0.2, -0.15) is 26.3 Å². The second kappa shape index (κ2) is 15.7. The van der Waals surface area contributed by atoms with E-state index >= 15 is 0 Å². The standard InChI is InChI=1S/C32H41F6N7O5/c1-30(2,3)50-29(49)40-23(19-46)27(48)44-15-13-43(14-16-44)24-17-25(42-28(41-24)32(36,37)38)45-12-4-5-21(18-45)26(47)39-11-10-20-6-8-22(9-7-20)31(33,34)35/h6-9,17,21,23,46H,4-5,10-16,18-19H2,1-3H3,(H,39,47)(H,40,49)/t21-,23+/m1/s1. The number of nitrogens with zero attached hydrogens (tertiary/aromatic N) is 5. The number of hydrogen-bond donors (Lipinski definition) is 3. The normalized spacial score (nSPS) is 18.0. The third-order valence-electron chi connectivity index (χ3n) is 8.15. The van der Waals surface area contributed by atoms with Crippen molar-refractivity contribution in [3.63, 3.8) is 0 Å². The summed E-state index contributed by atoms with van der Waals surface area (Å²) < 4.78 is 85.4. The van der Waals surface area contributed by atoms with Gasteiger partial charge in [-0.1, -0.05) is 12.1 Å². The lowest BCUT2D eigenvalue weighted by atomic mass is 9.97. The van der Waals surface area contributed by atoms with Crippen LogP contribution >= 0.6 is 0 Å². The molecule has 50 heavy (non-hydrogen) atoms.